The highest BCUT2D eigenvalue weighted by Crippen LogP contribution is 2.13. The minimum atomic E-state index is -1.37. The Bertz CT molecular complexity index is 1060. The number of esters is 1. The second-order valence-corrected chi connectivity index (χ2v) is 9.09. The Kier molecular flexibility index (Phi) is 12.0. The number of hydrogen-bond acceptors (Lipinski definition) is 8. The number of methoxy groups -OCH3 is 1. The first-order valence-electron chi connectivity index (χ1n) is 12.2. The maximum absolute atomic E-state index is 13.1. The van der Waals surface area contributed by atoms with Gasteiger partial charge in [-0.3, -0.25) is 9.59 Å². The molecular weight excluding hydrogens is 494 g/mol. The monoisotopic (exact) mass is 529 g/mol. The molecule has 11 heteroatoms. The van der Waals surface area contributed by atoms with Crippen molar-refractivity contribution >= 4 is 23.9 Å². The molecular formula is C27H35N3O8. The summed E-state index contributed by atoms with van der Waals surface area (Å²) in [5.41, 5.74) is 1.41. The zero-order valence-corrected chi connectivity index (χ0v) is 21.7. The summed E-state index contributed by atoms with van der Waals surface area (Å²) >= 11 is 0. The molecule has 3 atom stereocenters. The summed E-state index contributed by atoms with van der Waals surface area (Å²) < 4.78 is 9.92. The molecule has 3 amide bonds. The van der Waals surface area contributed by atoms with E-state index in [1.54, 1.807) is 36.4 Å². The van der Waals surface area contributed by atoms with Crippen molar-refractivity contribution in [2.24, 2.45) is 5.92 Å². The zero-order valence-electron chi connectivity index (χ0n) is 21.7. The highest BCUT2D eigenvalue weighted by atomic mass is 16.5. The van der Waals surface area contributed by atoms with Crippen LogP contribution in [0.3, 0.4) is 0 Å². The molecule has 2 aromatic rings. The number of benzene rings is 2. The highest BCUT2D eigenvalue weighted by molar-refractivity contribution is 5.93. The molecule has 0 fully saturated rings. The van der Waals surface area contributed by atoms with Crippen molar-refractivity contribution in [2.75, 3.05) is 13.7 Å². The van der Waals surface area contributed by atoms with Crippen molar-refractivity contribution in [3.05, 3.63) is 65.7 Å². The summed E-state index contributed by atoms with van der Waals surface area (Å²) in [6.07, 6.45) is -0.594. The number of ether oxygens (including phenoxy) is 2. The first-order valence-corrected chi connectivity index (χ1v) is 12.2. The SMILES string of the molecule is COC(=O)[C@H](Cc1ccc(O)cc1)NC(=O)[C@H](CC(C)C)NC(=O)[C@@H](CO)NC(=O)OCc1ccccc1. The number of alkyl carbamates (subject to hydrolysis) is 1. The van der Waals surface area contributed by atoms with Gasteiger partial charge in [-0.25, -0.2) is 9.59 Å². The van der Waals surface area contributed by atoms with E-state index < -0.39 is 48.6 Å². The lowest BCUT2D eigenvalue weighted by atomic mass is 10.0. The van der Waals surface area contributed by atoms with Gasteiger partial charge in [0.2, 0.25) is 11.8 Å². The van der Waals surface area contributed by atoms with Gasteiger partial charge in [0.1, 0.15) is 30.5 Å². The van der Waals surface area contributed by atoms with Crippen molar-refractivity contribution < 1.29 is 38.9 Å². The van der Waals surface area contributed by atoms with E-state index in [9.17, 15) is 29.4 Å². The third kappa shape index (κ3) is 10.1. The predicted octanol–water partition coefficient (Wildman–Crippen LogP) is 1.41. The first-order chi connectivity index (χ1) is 18.1. The van der Waals surface area contributed by atoms with Gasteiger partial charge in [-0.05, 0) is 35.6 Å². The third-order valence-electron chi connectivity index (χ3n) is 5.52. The number of phenolic OH excluding ortho intramolecular Hbond substituents is 1. The fourth-order valence-corrected chi connectivity index (χ4v) is 3.55. The van der Waals surface area contributed by atoms with Gasteiger partial charge in [-0.1, -0.05) is 56.3 Å². The van der Waals surface area contributed by atoms with Crippen LogP contribution < -0.4 is 16.0 Å². The lowest BCUT2D eigenvalue weighted by Gasteiger charge is -2.25. The van der Waals surface area contributed by atoms with E-state index in [0.717, 1.165) is 5.56 Å². The Labute approximate surface area is 221 Å². The molecule has 0 saturated heterocycles. The normalized spacial score (nSPS) is 13.1. The topological polar surface area (TPSA) is 163 Å². The van der Waals surface area contributed by atoms with Crippen LogP contribution in [-0.4, -0.2) is 65.9 Å². The summed E-state index contributed by atoms with van der Waals surface area (Å²) in [4.78, 5) is 50.5. The van der Waals surface area contributed by atoms with Gasteiger partial charge >= 0.3 is 12.1 Å². The van der Waals surface area contributed by atoms with Gasteiger partial charge in [-0.2, -0.15) is 0 Å². The Balaban J connectivity index is 2.04. The van der Waals surface area contributed by atoms with Crippen molar-refractivity contribution in [2.45, 2.75) is 51.4 Å². The Morgan fingerprint density at radius 3 is 2.00 bits per heavy atom. The molecule has 0 unspecified atom stereocenters. The van der Waals surface area contributed by atoms with Crippen LogP contribution in [0.2, 0.25) is 0 Å². The number of amides is 3. The molecule has 0 aliphatic rings. The molecule has 0 bridgehead atoms. The maximum atomic E-state index is 13.1. The molecule has 0 saturated carbocycles. The third-order valence-corrected chi connectivity index (χ3v) is 5.52. The fourth-order valence-electron chi connectivity index (χ4n) is 3.55. The highest BCUT2D eigenvalue weighted by Gasteiger charge is 2.30. The molecule has 38 heavy (non-hydrogen) atoms. The van der Waals surface area contributed by atoms with E-state index in [2.05, 4.69) is 16.0 Å². The second-order valence-electron chi connectivity index (χ2n) is 9.09. The van der Waals surface area contributed by atoms with E-state index in [1.165, 1.54) is 19.2 Å². The number of rotatable bonds is 13. The van der Waals surface area contributed by atoms with Gasteiger partial charge < -0.3 is 35.6 Å². The Morgan fingerprint density at radius 2 is 1.42 bits per heavy atom. The summed E-state index contributed by atoms with van der Waals surface area (Å²) in [6.45, 7) is 2.95. The molecule has 2 aromatic carbocycles. The van der Waals surface area contributed by atoms with Crippen LogP contribution in [0.4, 0.5) is 4.79 Å². The van der Waals surface area contributed by atoms with Gasteiger partial charge in [0.05, 0.1) is 13.7 Å². The average Bonchev–Trinajstić information content (AvgIpc) is 2.90. The van der Waals surface area contributed by atoms with Crippen LogP contribution in [0.25, 0.3) is 0 Å². The fraction of sp³-hybridized carbons (Fsp3) is 0.407. The van der Waals surface area contributed by atoms with Crippen LogP contribution in [-0.2, 0) is 36.9 Å². The average molecular weight is 530 g/mol. The lowest BCUT2D eigenvalue weighted by Crippen LogP contribution is -2.57. The Hall–Kier alpha value is -4.12. The van der Waals surface area contributed by atoms with Crippen LogP contribution in [0, 0.1) is 5.92 Å². The molecule has 11 nitrogen and oxygen atoms in total. The minimum Gasteiger partial charge on any atom is -0.508 e. The molecule has 0 heterocycles. The van der Waals surface area contributed by atoms with Crippen LogP contribution in [0.1, 0.15) is 31.4 Å². The second kappa shape index (κ2) is 15.2. The molecule has 0 aliphatic carbocycles. The molecule has 5 N–H and O–H groups in total. The van der Waals surface area contributed by atoms with E-state index in [1.807, 2.05) is 19.9 Å². The van der Waals surface area contributed by atoms with E-state index in [0.29, 0.717) is 5.56 Å². The number of carbonyl (C=O) groups is 4. The summed E-state index contributed by atoms with van der Waals surface area (Å²) in [6, 6.07) is 11.6. The van der Waals surface area contributed by atoms with E-state index >= 15 is 0 Å². The molecule has 0 radical (unpaired) electrons. The molecule has 0 spiro atoms. The van der Waals surface area contributed by atoms with Crippen LogP contribution >= 0.6 is 0 Å². The number of nitrogens with one attached hydrogen (secondary N) is 3. The minimum absolute atomic E-state index is 0.0175. The maximum Gasteiger partial charge on any atom is 0.408 e. The first kappa shape index (κ1) is 30.1. The van der Waals surface area contributed by atoms with Crippen molar-refractivity contribution in [1.29, 1.82) is 0 Å². The van der Waals surface area contributed by atoms with Crippen LogP contribution in [0.5, 0.6) is 5.75 Å². The molecule has 0 aromatic heterocycles. The number of carbonyl (C=O) groups excluding carboxylic acids is 4. The van der Waals surface area contributed by atoms with Crippen molar-refractivity contribution in [1.82, 2.24) is 16.0 Å². The van der Waals surface area contributed by atoms with Gasteiger partial charge in [0, 0.05) is 6.42 Å². The smallest absolute Gasteiger partial charge is 0.408 e. The number of hydrogen-bond donors (Lipinski definition) is 5. The standard InChI is InChI=1S/C27H35N3O8/c1-17(2)13-21(24(33)29-22(26(35)37-3)14-18-9-11-20(32)12-10-18)28-25(34)23(15-31)30-27(36)38-16-19-7-5-4-6-8-19/h4-12,17,21-23,31-32H,13-16H2,1-3H3,(H,28,34)(H,29,33)(H,30,36)/t21-,22-,23+/m0/s1. The molecule has 2 rings (SSSR count). The van der Waals surface area contributed by atoms with Gasteiger partial charge in [0.25, 0.3) is 0 Å². The van der Waals surface area contributed by atoms with Crippen molar-refractivity contribution in [3.8, 4) is 5.75 Å². The summed E-state index contributed by atoms with van der Waals surface area (Å²) in [5, 5.41) is 26.6. The Morgan fingerprint density at radius 1 is 0.816 bits per heavy atom. The van der Waals surface area contributed by atoms with Crippen molar-refractivity contribution in [3.63, 3.8) is 0 Å². The largest absolute Gasteiger partial charge is 0.508 e. The molecule has 206 valence electrons. The number of aromatic hydroxyl groups is 1. The summed E-state index contributed by atoms with van der Waals surface area (Å²) in [7, 11) is 1.19. The van der Waals surface area contributed by atoms with Gasteiger partial charge in [0.15, 0.2) is 0 Å². The quantitative estimate of drug-likeness (QED) is 0.243. The van der Waals surface area contributed by atoms with Crippen LogP contribution in [0.15, 0.2) is 54.6 Å². The summed E-state index contributed by atoms with van der Waals surface area (Å²) in [5.74, 6) is -2.07. The number of aliphatic hydroxyl groups is 1. The zero-order chi connectivity index (χ0) is 28.1. The number of aliphatic hydroxyl groups excluding tert-OH is 1. The number of phenols is 1. The molecule has 0 aliphatic heterocycles. The van der Waals surface area contributed by atoms with Gasteiger partial charge in [-0.15, -0.1) is 0 Å². The predicted molar refractivity (Wildman–Crippen MR) is 138 cm³/mol. The van der Waals surface area contributed by atoms with E-state index in [-0.39, 0.29) is 31.1 Å². The lowest BCUT2D eigenvalue weighted by molar-refractivity contribution is -0.145. The van der Waals surface area contributed by atoms with E-state index in [4.69, 9.17) is 9.47 Å².